The highest BCUT2D eigenvalue weighted by atomic mass is 16.5. The van der Waals surface area contributed by atoms with Crippen LogP contribution >= 0.6 is 0 Å². The number of nitrogens with one attached hydrogen (secondary N) is 1. The number of hydrogen-bond acceptors (Lipinski definition) is 6. The van der Waals surface area contributed by atoms with E-state index in [1.807, 2.05) is 30.3 Å². The Labute approximate surface area is 162 Å². The van der Waals surface area contributed by atoms with Crippen molar-refractivity contribution < 1.29 is 9.53 Å². The summed E-state index contributed by atoms with van der Waals surface area (Å²) >= 11 is 0. The molecule has 9 nitrogen and oxygen atoms in total. The molecule has 0 saturated carbocycles. The summed E-state index contributed by atoms with van der Waals surface area (Å²) in [5, 5.41) is 14.3. The van der Waals surface area contributed by atoms with E-state index in [1.54, 1.807) is 4.90 Å². The van der Waals surface area contributed by atoms with Crippen LogP contribution in [0.3, 0.4) is 0 Å². The van der Waals surface area contributed by atoms with Crippen LogP contribution in [0.4, 0.5) is 0 Å². The number of benzene rings is 1. The maximum atomic E-state index is 13.1. The average molecular weight is 381 g/mol. The molecule has 2 aromatic heterocycles. The fourth-order valence-corrected chi connectivity index (χ4v) is 3.17. The van der Waals surface area contributed by atoms with Gasteiger partial charge in [-0.25, -0.2) is 0 Å². The number of ether oxygens (including phenoxy) is 1. The number of morpholine rings is 1. The summed E-state index contributed by atoms with van der Waals surface area (Å²) in [4.78, 5) is 19.2. The first-order chi connectivity index (χ1) is 13.4. The number of H-pyrrole nitrogens is 1. The molecule has 4 rings (SSSR count). The predicted molar refractivity (Wildman–Crippen MR) is 101 cm³/mol. The second-order valence-electron chi connectivity index (χ2n) is 7.95. The van der Waals surface area contributed by atoms with Crippen molar-refractivity contribution in [2.24, 2.45) is 5.41 Å². The van der Waals surface area contributed by atoms with E-state index in [9.17, 15) is 4.79 Å². The van der Waals surface area contributed by atoms with Gasteiger partial charge in [-0.05, 0) is 11.0 Å². The van der Waals surface area contributed by atoms with Crippen LogP contribution in [0.15, 0.2) is 43.0 Å². The van der Waals surface area contributed by atoms with Crippen LogP contribution in [-0.4, -0.2) is 59.9 Å². The van der Waals surface area contributed by atoms with Gasteiger partial charge in [0.2, 0.25) is 5.82 Å². The van der Waals surface area contributed by atoms with Crippen LogP contribution in [0.25, 0.3) is 5.95 Å². The van der Waals surface area contributed by atoms with Crippen molar-refractivity contribution in [3.8, 4) is 5.95 Å². The summed E-state index contributed by atoms with van der Waals surface area (Å²) in [6, 6.07) is 9.98. The molecule has 3 heterocycles. The third-order valence-corrected chi connectivity index (χ3v) is 4.85. The molecular formula is C19H23N7O2. The van der Waals surface area contributed by atoms with E-state index < -0.39 is 0 Å². The molecule has 0 bridgehead atoms. The standard InChI is InChI=1S/C19H23N7O2/c1-19(2,3)15-10-25(9-14(28-15)13-7-5-4-6-8-13)17(27)16-22-18(24-23-16)26-11-20-21-12-26/h4-8,11-12,14-15H,9-10H2,1-3H3,(H,22,23,24)/t14-,15+/m0/s1. The Balaban J connectivity index is 1.59. The first-order valence-corrected chi connectivity index (χ1v) is 9.19. The van der Waals surface area contributed by atoms with Crippen LogP contribution in [-0.2, 0) is 4.74 Å². The third-order valence-electron chi connectivity index (χ3n) is 4.85. The van der Waals surface area contributed by atoms with E-state index in [0.29, 0.717) is 19.0 Å². The zero-order valence-electron chi connectivity index (χ0n) is 16.1. The first kappa shape index (κ1) is 18.3. The maximum absolute atomic E-state index is 13.1. The van der Waals surface area contributed by atoms with Gasteiger partial charge in [-0.3, -0.25) is 14.5 Å². The van der Waals surface area contributed by atoms with Crippen LogP contribution < -0.4 is 0 Å². The molecule has 28 heavy (non-hydrogen) atoms. The minimum atomic E-state index is -0.203. The SMILES string of the molecule is CC(C)(C)[C@H]1CN(C(=O)c2nc(-n3cnnc3)n[nH]2)C[C@@H](c2ccccc2)O1. The van der Waals surface area contributed by atoms with Gasteiger partial charge in [0.25, 0.3) is 11.9 Å². The van der Waals surface area contributed by atoms with Crippen molar-refractivity contribution in [1.29, 1.82) is 0 Å². The molecule has 9 heteroatoms. The highest BCUT2D eigenvalue weighted by Gasteiger charge is 2.38. The molecule has 1 saturated heterocycles. The molecule has 1 aliphatic rings. The van der Waals surface area contributed by atoms with Crippen molar-refractivity contribution in [2.75, 3.05) is 13.1 Å². The number of rotatable bonds is 3. The molecule has 0 unspecified atom stereocenters. The van der Waals surface area contributed by atoms with Crippen molar-refractivity contribution >= 4 is 5.91 Å². The molecule has 0 aliphatic carbocycles. The van der Waals surface area contributed by atoms with E-state index in [4.69, 9.17) is 4.74 Å². The van der Waals surface area contributed by atoms with Crippen LogP contribution in [0.5, 0.6) is 0 Å². The quantitative estimate of drug-likeness (QED) is 0.745. The largest absolute Gasteiger partial charge is 0.366 e. The third kappa shape index (κ3) is 3.65. The van der Waals surface area contributed by atoms with E-state index in [2.05, 4.69) is 46.1 Å². The molecular weight excluding hydrogens is 358 g/mol. The lowest BCUT2D eigenvalue weighted by atomic mass is 9.87. The summed E-state index contributed by atoms with van der Waals surface area (Å²) in [6.07, 6.45) is 2.67. The van der Waals surface area contributed by atoms with Gasteiger partial charge in [-0.2, -0.15) is 4.98 Å². The van der Waals surface area contributed by atoms with Crippen LogP contribution in [0.1, 0.15) is 43.1 Å². The fourth-order valence-electron chi connectivity index (χ4n) is 3.17. The van der Waals surface area contributed by atoms with Gasteiger partial charge >= 0.3 is 0 Å². The molecule has 1 fully saturated rings. The number of aromatic nitrogens is 6. The molecule has 2 atom stereocenters. The molecule has 1 aliphatic heterocycles. The Morgan fingerprint density at radius 1 is 1.14 bits per heavy atom. The van der Waals surface area contributed by atoms with Crippen LogP contribution in [0, 0.1) is 5.41 Å². The lowest BCUT2D eigenvalue weighted by molar-refractivity contribution is -0.119. The van der Waals surface area contributed by atoms with E-state index in [0.717, 1.165) is 5.56 Å². The first-order valence-electron chi connectivity index (χ1n) is 9.19. The Hall–Kier alpha value is -3.07. The molecule has 3 aromatic rings. The number of amides is 1. The monoisotopic (exact) mass is 381 g/mol. The van der Waals surface area contributed by atoms with E-state index in [1.165, 1.54) is 17.2 Å². The Kier molecular flexibility index (Phi) is 4.68. The topological polar surface area (TPSA) is 102 Å². The van der Waals surface area contributed by atoms with E-state index >= 15 is 0 Å². The second kappa shape index (κ2) is 7.16. The van der Waals surface area contributed by atoms with Gasteiger partial charge in [0, 0.05) is 6.54 Å². The summed E-state index contributed by atoms with van der Waals surface area (Å²) in [7, 11) is 0. The molecule has 0 spiro atoms. The molecule has 1 amide bonds. The number of hydrogen-bond donors (Lipinski definition) is 1. The van der Waals surface area contributed by atoms with E-state index in [-0.39, 0.29) is 29.4 Å². The number of nitrogens with zero attached hydrogens (tertiary/aromatic N) is 6. The van der Waals surface area contributed by atoms with Gasteiger partial charge in [0.05, 0.1) is 12.6 Å². The fraction of sp³-hybridized carbons (Fsp3) is 0.421. The van der Waals surface area contributed by atoms with Crippen molar-refractivity contribution in [3.63, 3.8) is 0 Å². The molecule has 1 N–H and O–H groups in total. The minimum Gasteiger partial charge on any atom is -0.366 e. The van der Waals surface area contributed by atoms with Gasteiger partial charge in [-0.1, -0.05) is 51.1 Å². The van der Waals surface area contributed by atoms with Gasteiger partial charge in [-0.15, -0.1) is 15.3 Å². The normalized spacial score (nSPS) is 20.3. The Bertz CT molecular complexity index is 931. The van der Waals surface area contributed by atoms with Gasteiger partial charge < -0.3 is 9.64 Å². The van der Waals surface area contributed by atoms with Crippen molar-refractivity contribution in [2.45, 2.75) is 33.0 Å². The smallest absolute Gasteiger partial charge is 0.291 e. The molecule has 1 aromatic carbocycles. The summed E-state index contributed by atoms with van der Waals surface area (Å²) < 4.78 is 7.90. The summed E-state index contributed by atoms with van der Waals surface area (Å²) in [6.45, 7) is 7.30. The van der Waals surface area contributed by atoms with Crippen molar-refractivity contribution in [3.05, 3.63) is 54.4 Å². The number of carbonyl (C=O) groups is 1. The number of carbonyl (C=O) groups excluding carboxylic acids is 1. The number of aromatic amines is 1. The molecule has 0 radical (unpaired) electrons. The molecule has 146 valence electrons. The maximum Gasteiger partial charge on any atom is 0.291 e. The zero-order chi connectivity index (χ0) is 19.7. The summed E-state index contributed by atoms with van der Waals surface area (Å²) in [5.41, 5.74) is 0.943. The minimum absolute atomic E-state index is 0.101. The highest BCUT2D eigenvalue weighted by Crippen LogP contribution is 2.33. The lowest BCUT2D eigenvalue weighted by Gasteiger charge is -2.43. The highest BCUT2D eigenvalue weighted by molar-refractivity contribution is 5.90. The van der Waals surface area contributed by atoms with Gasteiger partial charge in [0.15, 0.2) is 0 Å². The lowest BCUT2D eigenvalue weighted by Crippen LogP contribution is -2.51. The van der Waals surface area contributed by atoms with Crippen LogP contribution in [0.2, 0.25) is 0 Å². The van der Waals surface area contributed by atoms with Gasteiger partial charge in [0.1, 0.15) is 18.8 Å². The zero-order valence-corrected chi connectivity index (χ0v) is 16.1. The average Bonchev–Trinajstić information content (AvgIpc) is 3.38. The Morgan fingerprint density at radius 3 is 2.54 bits per heavy atom. The van der Waals surface area contributed by atoms with Crippen molar-refractivity contribution in [1.82, 2.24) is 34.8 Å². The second-order valence-corrected chi connectivity index (χ2v) is 7.95. The predicted octanol–water partition coefficient (Wildman–Crippen LogP) is 2.01. The Morgan fingerprint density at radius 2 is 1.86 bits per heavy atom. The summed E-state index contributed by atoms with van der Waals surface area (Å²) in [5.74, 6) is 0.309.